The summed E-state index contributed by atoms with van der Waals surface area (Å²) in [4.78, 5) is 16.4. The lowest BCUT2D eigenvalue weighted by Gasteiger charge is -2.26. The van der Waals surface area contributed by atoms with Crippen LogP contribution in [0.4, 0.5) is 10.1 Å². The molecule has 2 heterocycles. The van der Waals surface area contributed by atoms with Crippen LogP contribution in [0.25, 0.3) is 0 Å². The molecule has 0 saturated carbocycles. The van der Waals surface area contributed by atoms with Crippen LogP contribution in [0, 0.1) is 5.82 Å². The standard InChI is InChI=1S/C19H17FN2O3S2/c1-24-15-8-3-11(9-16(15)25-2)18-22-14(10-27-18)17(23)21(19(22)26)13-6-4-12(20)5-7-13/h3-9,14,18H,10H2,1-2H3/t14-,18-/m0/s1. The van der Waals surface area contributed by atoms with Gasteiger partial charge in [-0.05, 0) is 54.2 Å². The number of carbonyl (C=O) groups excluding carboxylic acids is 1. The zero-order valence-electron chi connectivity index (χ0n) is 14.7. The summed E-state index contributed by atoms with van der Waals surface area (Å²) in [6.07, 6.45) is 0. The average Bonchev–Trinajstić information content (AvgIpc) is 3.23. The SMILES string of the molecule is COc1ccc([C@@H]2SC[C@H]3C(=O)N(c4ccc(F)cc4)C(=S)N32)cc1OC. The number of fused-ring (bicyclic) bond motifs is 1. The number of nitrogens with zero attached hydrogens (tertiary/aromatic N) is 2. The molecule has 2 aromatic carbocycles. The van der Waals surface area contributed by atoms with Crippen molar-refractivity contribution in [3.8, 4) is 11.5 Å². The van der Waals surface area contributed by atoms with E-state index in [0.29, 0.717) is 28.1 Å². The Bertz CT molecular complexity index is 906. The smallest absolute Gasteiger partial charge is 0.257 e. The van der Waals surface area contributed by atoms with Crippen LogP contribution in [0.15, 0.2) is 42.5 Å². The van der Waals surface area contributed by atoms with Crippen molar-refractivity contribution >= 4 is 40.7 Å². The van der Waals surface area contributed by atoms with Gasteiger partial charge in [0, 0.05) is 5.75 Å². The predicted molar refractivity (Wildman–Crippen MR) is 107 cm³/mol. The monoisotopic (exact) mass is 404 g/mol. The molecule has 27 heavy (non-hydrogen) atoms. The summed E-state index contributed by atoms with van der Waals surface area (Å²) in [5, 5.41) is 0.332. The number of benzene rings is 2. The topological polar surface area (TPSA) is 42.0 Å². The lowest BCUT2D eigenvalue weighted by Crippen LogP contribution is -2.33. The Balaban J connectivity index is 1.67. The van der Waals surface area contributed by atoms with Gasteiger partial charge in [-0.15, -0.1) is 11.8 Å². The summed E-state index contributed by atoms with van der Waals surface area (Å²) in [5.41, 5.74) is 1.56. The van der Waals surface area contributed by atoms with Gasteiger partial charge in [-0.2, -0.15) is 0 Å². The molecule has 0 radical (unpaired) electrons. The minimum atomic E-state index is -0.351. The number of carbonyl (C=O) groups is 1. The second-order valence-electron chi connectivity index (χ2n) is 6.16. The third-order valence-electron chi connectivity index (χ3n) is 4.70. The van der Waals surface area contributed by atoms with Crippen LogP contribution in [0.1, 0.15) is 10.9 Å². The fraction of sp³-hybridized carbons (Fsp3) is 0.263. The van der Waals surface area contributed by atoms with Gasteiger partial charge in [-0.3, -0.25) is 9.69 Å². The van der Waals surface area contributed by atoms with Gasteiger partial charge in [0.2, 0.25) is 0 Å². The van der Waals surface area contributed by atoms with E-state index >= 15 is 0 Å². The highest BCUT2D eigenvalue weighted by Gasteiger charge is 2.50. The summed E-state index contributed by atoms with van der Waals surface area (Å²) in [6, 6.07) is 11.2. The van der Waals surface area contributed by atoms with E-state index in [2.05, 4.69) is 0 Å². The molecule has 1 amide bonds. The molecule has 0 aliphatic carbocycles. The molecule has 8 heteroatoms. The van der Waals surface area contributed by atoms with Gasteiger partial charge in [0.25, 0.3) is 5.91 Å². The number of anilines is 1. The summed E-state index contributed by atoms with van der Waals surface area (Å²) in [6.45, 7) is 0. The van der Waals surface area contributed by atoms with E-state index in [1.54, 1.807) is 38.1 Å². The van der Waals surface area contributed by atoms with Crippen LogP contribution in [0.5, 0.6) is 11.5 Å². The van der Waals surface area contributed by atoms with Gasteiger partial charge < -0.3 is 14.4 Å². The molecule has 5 nitrogen and oxygen atoms in total. The minimum absolute atomic E-state index is 0.0814. The second-order valence-corrected chi connectivity index (χ2v) is 7.63. The van der Waals surface area contributed by atoms with E-state index < -0.39 is 0 Å². The molecule has 2 aromatic rings. The Morgan fingerprint density at radius 2 is 1.81 bits per heavy atom. The molecule has 140 valence electrons. The Hall–Kier alpha value is -2.32. The third-order valence-corrected chi connectivity index (χ3v) is 6.41. The van der Waals surface area contributed by atoms with E-state index in [-0.39, 0.29) is 23.1 Å². The molecule has 0 N–H and O–H groups in total. The maximum Gasteiger partial charge on any atom is 0.257 e. The number of thioether (sulfide) groups is 1. The van der Waals surface area contributed by atoms with Crippen molar-refractivity contribution in [2.75, 3.05) is 24.9 Å². The molecule has 2 aliphatic rings. The molecule has 2 fully saturated rings. The zero-order chi connectivity index (χ0) is 19.1. The number of amides is 1. The Morgan fingerprint density at radius 1 is 1.11 bits per heavy atom. The first kappa shape index (κ1) is 18.1. The van der Waals surface area contributed by atoms with Crippen molar-refractivity contribution in [2.24, 2.45) is 0 Å². The van der Waals surface area contributed by atoms with Crippen LogP contribution in [0.2, 0.25) is 0 Å². The minimum Gasteiger partial charge on any atom is -0.493 e. The molecular formula is C19H17FN2O3S2. The van der Waals surface area contributed by atoms with Crippen LogP contribution in [0.3, 0.4) is 0 Å². The third kappa shape index (κ3) is 2.93. The number of hydrogen-bond acceptors (Lipinski definition) is 5. The van der Waals surface area contributed by atoms with Gasteiger partial charge in [0.1, 0.15) is 17.2 Å². The number of hydrogen-bond donors (Lipinski definition) is 0. The van der Waals surface area contributed by atoms with Crippen molar-refractivity contribution in [3.05, 3.63) is 53.8 Å². The van der Waals surface area contributed by atoms with Gasteiger partial charge in [0.05, 0.1) is 19.9 Å². The van der Waals surface area contributed by atoms with Gasteiger partial charge in [-0.1, -0.05) is 6.07 Å². The lowest BCUT2D eigenvalue weighted by molar-refractivity contribution is -0.119. The van der Waals surface area contributed by atoms with Crippen LogP contribution in [-0.2, 0) is 4.79 Å². The van der Waals surface area contributed by atoms with E-state index in [0.717, 1.165) is 5.56 Å². The van der Waals surface area contributed by atoms with Crippen molar-refractivity contribution in [3.63, 3.8) is 0 Å². The lowest BCUT2D eigenvalue weighted by atomic mass is 10.1. The average molecular weight is 404 g/mol. The van der Waals surface area contributed by atoms with Crippen LogP contribution >= 0.6 is 24.0 Å². The van der Waals surface area contributed by atoms with E-state index in [1.807, 2.05) is 23.1 Å². The zero-order valence-corrected chi connectivity index (χ0v) is 16.3. The van der Waals surface area contributed by atoms with Crippen molar-refractivity contribution in [2.45, 2.75) is 11.4 Å². The maximum absolute atomic E-state index is 13.2. The highest BCUT2D eigenvalue weighted by atomic mass is 32.2. The Morgan fingerprint density at radius 3 is 2.48 bits per heavy atom. The summed E-state index contributed by atoms with van der Waals surface area (Å²) < 4.78 is 23.9. The molecule has 0 unspecified atom stereocenters. The Kier molecular flexibility index (Phi) is 4.69. The molecule has 0 bridgehead atoms. The van der Waals surface area contributed by atoms with Gasteiger partial charge in [-0.25, -0.2) is 4.39 Å². The van der Waals surface area contributed by atoms with Crippen molar-refractivity contribution < 1.29 is 18.7 Å². The summed E-state index contributed by atoms with van der Waals surface area (Å²) in [5.74, 6) is 1.48. The first-order valence-electron chi connectivity index (χ1n) is 8.30. The van der Waals surface area contributed by atoms with E-state index in [9.17, 15) is 9.18 Å². The Labute approximate surface area is 166 Å². The number of methoxy groups -OCH3 is 2. The molecule has 0 aromatic heterocycles. The number of rotatable bonds is 4. The molecule has 2 aliphatic heterocycles. The molecule has 2 saturated heterocycles. The summed E-state index contributed by atoms with van der Waals surface area (Å²) >= 11 is 7.29. The fourth-order valence-electron chi connectivity index (χ4n) is 3.38. The first-order chi connectivity index (χ1) is 13.0. The highest BCUT2D eigenvalue weighted by molar-refractivity contribution is 7.99. The molecule has 0 spiro atoms. The molecule has 2 atom stereocenters. The predicted octanol–water partition coefficient (Wildman–Crippen LogP) is 3.59. The van der Waals surface area contributed by atoms with Crippen molar-refractivity contribution in [1.82, 2.24) is 4.90 Å². The van der Waals surface area contributed by atoms with Gasteiger partial charge >= 0.3 is 0 Å². The fourth-order valence-corrected chi connectivity index (χ4v) is 5.29. The highest BCUT2D eigenvalue weighted by Crippen LogP contribution is 2.47. The molecular weight excluding hydrogens is 387 g/mol. The molecule has 4 rings (SSSR count). The second kappa shape index (κ2) is 7.01. The van der Waals surface area contributed by atoms with E-state index in [1.165, 1.54) is 17.0 Å². The number of halogens is 1. The summed E-state index contributed by atoms with van der Waals surface area (Å²) in [7, 11) is 3.18. The quantitative estimate of drug-likeness (QED) is 0.726. The number of thiocarbonyl (C=S) groups is 1. The van der Waals surface area contributed by atoms with Gasteiger partial charge in [0.15, 0.2) is 16.6 Å². The van der Waals surface area contributed by atoms with Crippen molar-refractivity contribution in [1.29, 1.82) is 0 Å². The number of ether oxygens (including phenoxy) is 2. The van der Waals surface area contributed by atoms with Crippen LogP contribution in [-0.4, -0.2) is 41.9 Å². The van der Waals surface area contributed by atoms with E-state index in [4.69, 9.17) is 21.7 Å². The normalized spacial score (nSPS) is 21.6. The largest absolute Gasteiger partial charge is 0.493 e. The van der Waals surface area contributed by atoms with Crippen LogP contribution < -0.4 is 14.4 Å². The first-order valence-corrected chi connectivity index (χ1v) is 9.76. The maximum atomic E-state index is 13.2.